The van der Waals surface area contributed by atoms with Crippen molar-refractivity contribution in [1.82, 2.24) is 15.3 Å². The molecule has 0 bridgehead atoms. The van der Waals surface area contributed by atoms with E-state index in [2.05, 4.69) is 15.3 Å². The number of amides is 1. The lowest BCUT2D eigenvalue weighted by atomic mass is 10.2. The van der Waals surface area contributed by atoms with Crippen LogP contribution >= 0.6 is 0 Å². The second kappa shape index (κ2) is 6.70. The molecule has 5 heteroatoms. The molecule has 1 amide bonds. The molecule has 0 saturated heterocycles. The van der Waals surface area contributed by atoms with E-state index in [4.69, 9.17) is 5.73 Å². The first-order valence-corrected chi connectivity index (χ1v) is 6.34. The fraction of sp³-hybridized carbons (Fsp3) is 0.286. The molecule has 0 radical (unpaired) electrons. The normalized spacial score (nSPS) is 10.4. The fourth-order valence-corrected chi connectivity index (χ4v) is 1.84. The second-order valence-electron chi connectivity index (χ2n) is 4.30. The Morgan fingerprint density at radius 3 is 3.00 bits per heavy atom. The van der Waals surface area contributed by atoms with Crippen LogP contribution in [0.1, 0.15) is 21.6 Å². The third kappa shape index (κ3) is 3.93. The highest BCUT2D eigenvalue weighted by molar-refractivity contribution is 5.94. The Morgan fingerprint density at radius 1 is 1.37 bits per heavy atom. The molecule has 0 unspecified atom stereocenters. The van der Waals surface area contributed by atoms with Crippen molar-refractivity contribution in [3.8, 4) is 0 Å². The minimum atomic E-state index is -0.0730. The van der Waals surface area contributed by atoms with Gasteiger partial charge in [0.25, 0.3) is 5.91 Å². The van der Waals surface area contributed by atoms with Gasteiger partial charge < -0.3 is 16.0 Å². The molecule has 0 aliphatic carbocycles. The number of pyridine rings is 1. The van der Waals surface area contributed by atoms with Crippen molar-refractivity contribution in [2.24, 2.45) is 5.73 Å². The maximum Gasteiger partial charge on any atom is 0.251 e. The van der Waals surface area contributed by atoms with Gasteiger partial charge in [0.15, 0.2) is 0 Å². The van der Waals surface area contributed by atoms with Crippen molar-refractivity contribution in [3.05, 3.63) is 53.6 Å². The maximum absolute atomic E-state index is 12.0. The highest BCUT2D eigenvalue weighted by Gasteiger charge is 2.06. The molecule has 19 heavy (non-hydrogen) atoms. The van der Waals surface area contributed by atoms with Gasteiger partial charge in [-0.15, -0.1) is 0 Å². The Morgan fingerprint density at radius 2 is 2.26 bits per heavy atom. The molecule has 0 aromatic carbocycles. The van der Waals surface area contributed by atoms with Gasteiger partial charge >= 0.3 is 0 Å². The van der Waals surface area contributed by atoms with Crippen molar-refractivity contribution < 1.29 is 4.79 Å². The zero-order valence-corrected chi connectivity index (χ0v) is 10.7. The summed E-state index contributed by atoms with van der Waals surface area (Å²) in [5.74, 6) is -0.0730. The molecule has 0 saturated carbocycles. The molecule has 2 heterocycles. The number of carbonyl (C=O) groups excluding carboxylic acids is 1. The lowest BCUT2D eigenvalue weighted by Crippen LogP contribution is -2.25. The SMILES string of the molecule is NCCc1cc(C(=O)NCCc2cc[nH]c2)ccn1. The van der Waals surface area contributed by atoms with Gasteiger partial charge in [-0.1, -0.05) is 0 Å². The average Bonchev–Trinajstić information content (AvgIpc) is 2.92. The van der Waals surface area contributed by atoms with Gasteiger partial charge in [-0.25, -0.2) is 0 Å². The van der Waals surface area contributed by atoms with Crippen LogP contribution in [0.25, 0.3) is 0 Å². The zero-order valence-electron chi connectivity index (χ0n) is 10.7. The van der Waals surface area contributed by atoms with Crippen LogP contribution in [0, 0.1) is 0 Å². The molecule has 2 rings (SSSR count). The van der Waals surface area contributed by atoms with E-state index in [0.29, 0.717) is 25.1 Å². The summed E-state index contributed by atoms with van der Waals surface area (Å²) in [7, 11) is 0. The molecule has 2 aromatic heterocycles. The number of nitrogens with zero attached hydrogens (tertiary/aromatic N) is 1. The van der Waals surface area contributed by atoms with E-state index >= 15 is 0 Å². The van der Waals surface area contributed by atoms with Crippen molar-refractivity contribution in [1.29, 1.82) is 0 Å². The molecule has 0 atom stereocenters. The molecule has 100 valence electrons. The third-order valence-electron chi connectivity index (χ3n) is 2.84. The molecule has 0 fully saturated rings. The van der Waals surface area contributed by atoms with E-state index < -0.39 is 0 Å². The van der Waals surface area contributed by atoms with Crippen molar-refractivity contribution in [3.63, 3.8) is 0 Å². The van der Waals surface area contributed by atoms with Gasteiger partial charge in [0, 0.05) is 42.8 Å². The van der Waals surface area contributed by atoms with Crippen LogP contribution in [-0.2, 0) is 12.8 Å². The number of nitrogens with two attached hydrogens (primary N) is 1. The summed E-state index contributed by atoms with van der Waals surface area (Å²) in [6.45, 7) is 1.15. The summed E-state index contributed by atoms with van der Waals surface area (Å²) >= 11 is 0. The Labute approximate surface area is 112 Å². The number of aromatic nitrogens is 2. The van der Waals surface area contributed by atoms with Crippen molar-refractivity contribution in [2.75, 3.05) is 13.1 Å². The van der Waals surface area contributed by atoms with Crippen LogP contribution in [0.3, 0.4) is 0 Å². The molecule has 2 aromatic rings. The van der Waals surface area contributed by atoms with Gasteiger partial charge in [-0.2, -0.15) is 0 Å². The molecule has 0 aliphatic rings. The van der Waals surface area contributed by atoms with Crippen LogP contribution in [0.4, 0.5) is 0 Å². The Bertz CT molecular complexity index is 522. The Balaban J connectivity index is 1.87. The van der Waals surface area contributed by atoms with Gasteiger partial charge in [-0.3, -0.25) is 9.78 Å². The Kier molecular flexibility index (Phi) is 4.69. The number of carbonyl (C=O) groups is 1. The van der Waals surface area contributed by atoms with Crippen LogP contribution in [0.5, 0.6) is 0 Å². The standard InChI is InChI=1S/C14H18N4O/c15-5-1-13-9-12(4-8-17-13)14(19)18-7-3-11-2-6-16-10-11/h2,4,6,8-10,16H,1,3,5,7,15H2,(H,18,19). The summed E-state index contributed by atoms with van der Waals surface area (Å²) in [5, 5.41) is 2.89. The molecular formula is C14H18N4O. The number of nitrogens with one attached hydrogen (secondary N) is 2. The largest absolute Gasteiger partial charge is 0.367 e. The van der Waals surface area contributed by atoms with Crippen LogP contribution in [-0.4, -0.2) is 29.0 Å². The average molecular weight is 258 g/mol. The minimum absolute atomic E-state index is 0.0730. The van der Waals surface area contributed by atoms with E-state index in [-0.39, 0.29) is 5.91 Å². The van der Waals surface area contributed by atoms with Gasteiger partial charge in [0.05, 0.1) is 0 Å². The van der Waals surface area contributed by atoms with Crippen molar-refractivity contribution in [2.45, 2.75) is 12.8 Å². The first kappa shape index (κ1) is 13.3. The highest BCUT2D eigenvalue weighted by atomic mass is 16.1. The molecule has 0 aliphatic heterocycles. The summed E-state index contributed by atoms with van der Waals surface area (Å²) in [4.78, 5) is 19.1. The predicted octanol–water partition coefficient (Wildman–Crippen LogP) is 0.883. The predicted molar refractivity (Wildman–Crippen MR) is 73.8 cm³/mol. The van der Waals surface area contributed by atoms with E-state index in [1.807, 2.05) is 18.5 Å². The first-order chi connectivity index (χ1) is 9.29. The maximum atomic E-state index is 12.0. The first-order valence-electron chi connectivity index (χ1n) is 6.34. The smallest absolute Gasteiger partial charge is 0.251 e. The number of H-pyrrole nitrogens is 1. The van der Waals surface area contributed by atoms with Gasteiger partial charge in [0.2, 0.25) is 0 Å². The summed E-state index contributed by atoms with van der Waals surface area (Å²) < 4.78 is 0. The number of aromatic amines is 1. The van der Waals surface area contributed by atoms with Crippen LogP contribution < -0.4 is 11.1 Å². The van der Waals surface area contributed by atoms with Crippen molar-refractivity contribution >= 4 is 5.91 Å². The summed E-state index contributed by atoms with van der Waals surface area (Å²) in [6, 6.07) is 5.50. The third-order valence-corrected chi connectivity index (χ3v) is 2.84. The lowest BCUT2D eigenvalue weighted by molar-refractivity contribution is 0.0954. The molecule has 0 spiro atoms. The summed E-state index contributed by atoms with van der Waals surface area (Å²) in [6.07, 6.45) is 6.95. The molecule has 5 nitrogen and oxygen atoms in total. The zero-order chi connectivity index (χ0) is 13.5. The monoisotopic (exact) mass is 258 g/mol. The lowest BCUT2D eigenvalue weighted by Gasteiger charge is -2.05. The fourth-order valence-electron chi connectivity index (χ4n) is 1.84. The van der Waals surface area contributed by atoms with E-state index in [9.17, 15) is 4.79 Å². The highest BCUT2D eigenvalue weighted by Crippen LogP contribution is 2.03. The quantitative estimate of drug-likeness (QED) is 0.719. The van der Waals surface area contributed by atoms with Gasteiger partial charge in [-0.05, 0) is 36.7 Å². The second-order valence-corrected chi connectivity index (χ2v) is 4.30. The van der Waals surface area contributed by atoms with E-state index in [1.54, 1.807) is 18.3 Å². The van der Waals surface area contributed by atoms with E-state index in [1.165, 1.54) is 5.56 Å². The topological polar surface area (TPSA) is 83.8 Å². The molecule has 4 N–H and O–H groups in total. The number of hydrogen-bond acceptors (Lipinski definition) is 3. The van der Waals surface area contributed by atoms with Crippen LogP contribution in [0.2, 0.25) is 0 Å². The minimum Gasteiger partial charge on any atom is -0.367 e. The van der Waals surface area contributed by atoms with E-state index in [0.717, 1.165) is 12.1 Å². The van der Waals surface area contributed by atoms with Gasteiger partial charge in [0.1, 0.15) is 0 Å². The number of rotatable bonds is 6. The van der Waals surface area contributed by atoms with Crippen LogP contribution in [0.15, 0.2) is 36.8 Å². The summed E-state index contributed by atoms with van der Waals surface area (Å²) in [5.41, 5.74) is 8.14. The Hall–Kier alpha value is -2.14. The molecular weight excluding hydrogens is 240 g/mol. The number of hydrogen-bond donors (Lipinski definition) is 3.